The second kappa shape index (κ2) is 5.15. The second-order valence-corrected chi connectivity index (χ2v) is 3.93. The van der Waals surface area contributed by atoms with Crippen molar-refractivity contribution in [1.29, 1.82) is 0 Å². The highest BCUT2D eigenvalue weighted by Gasteiger charge is 2.16. The van der Waals surface area contributed by atoms with Crippen LogP contribution in [0.25, 0.3) is 0 Å². The van der Waals surface area contributed by atoms with Gasteiger partial charge in [0.2, 0.25) is 0 Å². The summed E-state index contributed by atoms with van der Waals surface area (Å²) in [6.45, 7) is 5.67. The third-order valence-corrected chi connectivity index (χ3v) is 2.69. The first-order chi connectivity index (χ1) is 7.83. The highest BCUT2D eigenvalue weighted by atomic mass is 16.3. The van der Waals surface area contributed by atoms with Crippen molar-refractivity contribution in [3.63, 3.8) is 0 Å². The van der Waals surface area contributed by atoms with E-state index in [0.29, 0.717) is 0 Å². The molecule has 0 atom stereocenters. The summed E-state index contributed by atoms with van der Waals surface area (Å²) in [5, 5.41) is 13.3. The van der Waals surface area contributed by atoms with Crippen LogP contribution in [0.15, 0.2) is 6.07 Å². The Hall–Kier alpha value is -1.31. The van der Waals surface area contributed by atoms with Gasteiger partial charge >= 0.3 is 0 Å². The van der Waals surface area contributed by atoms with Crippen molar-refractivity contribution in [2.45, 2.75) is 33.0 Å². The fourth-order valence-electron chi connectivity index (χ4n) is 1.89. The largest absolute Gasteiger partial charge is 0.390 e. The Morgan fingerprint density at radius 1 is 1.44 bits per heavy atom. The highest BCUT2D eigenvalue weighted by molar-refractivity contribution is 5.12. The summed E-state index contributed by atoms with van der Waals surface area (Å²) in [6, 6.07) is 1.97. The monoisotopic (exact) mass is 219 g/mol. The summed E-state index contributed by atoms with van der Waals surface area (Å²) in [5.74, 6) is 6.24. The minimum atomic E-state index is 0.0235. The van der Waals surface area contributed by atoms with Crippen molar-refractivity contribution >= 4 is 0 Å². The Kier molecular flexibility index (Phi) is 3.60. The van der Waals surface area contributed by atoms with E-state index >= 15 is 0 Å². The van der Waals surface area contributed by atoms with Crippen LogP contribution in [0.1, 0.15) is 24.7 Å². The van der Waals surface area contributed by atoms with E-state index in [-0.39, 0.29) is 6.61 Å². The highest BCUT2D eigenvalue weighted by Crippen LogP contribution is 2.13. The fourth-order valence-corrected chi connectivity index (χ4v) is 1.89. The standard InChI is InChI=1S/C12H17N3O/c1-2-3-4-5-14-6-7-15-12(9-14)8-11(10-16)13-15/h8,16H,2,5-7,9-10H2,1H3. The number of aliphatic hydroxyl groups is 1. The number of aliphatic hydroxyl groups excluding tert-OH is 1. The number of aromatic nitrogens is 2. The summed E-state index contributed by atoms with van der Waals surface area (Å²) in [7, 11) is 0. The summed E-state index contributed by atoms with van der Waals surface area (Å²) in [6.07, 6.45) is 0.917. The van der Waals surface area contributed by atoms with E-state index in [9.17, 15) is 0 Å². The van der Waals surface area contributed by atoms with Crippen LogP contribution in [0, 0.1) is 11.8 Å². The Bertz CT molecular complexity index is 414. The minimum Gasteiger partial charge on any atom is -0.390 e. The van der Waals surface area contributed by atoms with Gasteiger partial charge in [0.15, 0.2) is 0 Å². The molecule has 1 aliphatic rings. The molecule has 1 aliphatic heterocycles. The van der Waals surface area contributed by atoms with Crippen molar-refractivity contribution in [2.24, 2.45) is 0 Å². The summed E-state index contributed by atoms with van der Waals surface area (Å²) < 4.78 is 1.98. The van der Waals surface area contributed by atoms with Crippen LogP contribution in [0.3, 0.4) is 0 Å². The maximum atomic E-state index is 9.01. The first-order valence-electron chi connectivity index (χ1n) is 5.68. The Balaban J connectivity index is 2.00. The van der Waals surface area contributed by atoms with Crippen LogP contribution in [0.2, 0.25) is 0 Å². The number of hydrogen-bond acceptors (Lipinski definition) is 3. The molecule has 86 valence electrons. The molecule has 0 amide bonds. The first kappa shape index (κ1) is 11.2. The maximum Gasteiger partial charge on any atom is 0.0882 e. The molecule has 1 aromatic rings. The molecule has 0 spiro atoms. The van der Waals surface area contributed by atoms with Crippen molar-refractivity contribution in [3.8, 4) is 11.8 Å². The molecule has 2 heterocycles. The zero-order valence-corrected chi connectivity index (χ0v) is 9.61. The molecule has 0 unspecified atom stereocenters. The Morgan fingerprint density at radius 3 is 3.06 bits per heavy atom. The molecule has 0 bridgehead atoms. The summed E-state index contributed by atoms with van der Waals surface area (Å²) >= 11 is 0. The van der Waals surface area contributed by atoms with E-state index in [1.54, 1.807) is 0 Å². The molecule has 0 saturated carbocycles. The second-order valence-electron chi connectivity index (χ2n) is 3.93. The molecule has 2 rings (SSSR count). The van der Waals surface area contributed by atoms with Crippen LogP contribution >= 0.6 is 0 Å². The molecule has 0 saturated heterocycles. The van der Waals surface area contributed by atoms with Gasteiger partial charge < -0.3 is 5.11 Å². The van der Waals surface area contributed by atoms with Crippen LogP contribution in [-0.2, 0) is 19.7 Å². The SMILES string of the molecule is CCC#CCN1CCn2nc(CO)cc2C1. The number of hydrogen-bond donors (Lipinski definition) is 1. The predicted octanol–water partition coefficient (Wildman–Crippen LogP) is 0.604. The maximum absolute atomic E-state index is 9.01. The lowest BCUT2D eigenvalue weighted by atomic mass is 10.3. The van der Waals surface area contributed by atoms with Gasteiger partial charge in [-0.15, -0.1) is 5.92 Å². The number of rotatable bonds is 2. The Morgan fingerprint density at radius 2 is 2.31 bits per heavy atom. The molecule has 0 aliphatic carbocycles. The molecule has 4 nitrogen and oxygen atoms in total. The lowest BCUT2D eigenvalue weighted by Gasteiger charge is -2.25. The topological polar surface area (TPSA) is 41.3 Å². The molecule has 0 aromatic carbocycles. The molecular weight excluding hydrogens is 202 g/mol. The summed E-state index contributed by atoms with van der Waals surface area (Å²) in [5.41, 5.74) is 1.94. The molecular formula is C12H17N3O. The molecule has 1 N–H and O–H groups in total. The van der Waals surface area contributed by atoms with Gasteiger partial charge in [-0.1, -0.05) is 12.8 Å². The van der Waals surface area contributed by atoms with E-state index in [2.05, 4.69) is 28.8 Å². The lowest BCUT2D eigenvalue weighted by Crippen LogP contribution is -2.34. The van der Waals surface area contributed by atoms with Gasteiger partial charge in [0.25, 0.3) is 0 Å². The molecule has 0 radical (unpaired) electrons. The summed E-state index contributed by atoms with van der Waals surface area (Å²) in [4.78, 5) is 2.31. The van der Waals surface area contributed by atoms with Crippen LogP contribution in [-0.4, -0.2) is 32.9 Å². The van der Waals surface area contributed by atoms with E-state index in [1.165, 1.54) is 5.69 Å². The normalized spacial score (nSPS) is 15.4. The van der Waals surface area contributed by atoms with Gasteiger partial charge in [0, 0.05) is 19.5 Å². The zero-order valence-electron chi connectivity index (χ0n) is 9.61. The number of nitrogens with zero attached hydrogens (tertiary/aromatic N) is 3. The average molecular weight is 219 g/mol. The van der Waals surface area contributed by atoms with Gasteiger partial charge in [-0.2, -0.15) is 5.10 Å². The van der Waals surface area contributed by atoms with E-state index in [0.717, 1.165) is 38.3 Å². The minimum absolute atomic E-state index is 0.0235. The van der Waals surface area contributed by atoms with E-state index in [4.69, 9.17) is 5.11 Å². The van der Waals surface area contributed by atoms with Gasteiger partial charge in [-0.3, -0.25) is 9.58 Å². The van der Waals surface area contributed by atoms with Crippen LogP contribution in [0.4, 0.5) is 0 Å². The van der Waals surface area contributed by atoms with Crippen molar-refractivity contribution in [1.82, 2.24) is 14.7 Å². The third-order valence-electron chi connectivity index (χ3n) is 2.69. The average Bonchev–Trinajstić information content (AvgIpc) is 2.71. The van der Waals surface area contributed by atoms with Crippen LogP contribution in [0.5, 0.6) is 0 Å². The van der Waals surface area contributed by atoms with Gasteiger partial charge in [0.05, 0.1) is 31.1 Å². The van der Waals surface area contributed by atoms with Gasteiger partial charge in [-0.25, -0.2) is 0 Å². The molecule has 0 fully saturated rings. The molecule has 4 heteroatoms. The molecule has 16 heavy (non-hydrogen) atoms. The van der Waals surface area contributed by atoms with E-state index < -0.39 is 0 Å². The zero-order chi connectivity index (χ0) is 11.4. The van der Waals surface area contributed by atoms with Gasteiger partial charge in [-0.05, 0) is 6.07 Å². The number of fused-ring (bicyclic) bond motifs is 1. The Labute approximate surface area is 95.9 Å². The van der Waals surface area contributed by atoms with Crippen LogP contribution < -0.4 is 0 Å². The lowest BCUT2D eigenvalue weighted by molar-refractivity contribution is 0.236. The van der Waals surface area contributed by atoms with Crippen molar-refractivity contribution < 1.29 is 5.11 Å². The smallest absolute Gasteiger partial charge is 0.0882 e. The van der Waals surface area contributed by atoms with E-state index in [1.807, 2.05) is 10.7 Å². The van der Waals surface area contributed by atoms with Crippen molar-refractivity contribution in [3.05, 3.63) is 17.5 Å². The van der Waals surface area contributed by atoms with Crippen molar-refractivity contribution in [2.75, 3.05) is 13.1 Å². The first-order valence-corrected chi connectivity index (χ1v) is 5.68. The quantitative estimate of drug-likeness (QED) is 0.741. The third kappa shape index (κ3) is 2.43. The molecule has 1 aromatic heterocycles. The van der Waals surface area contributed by atoms with Gasteiger partial charge in [0.1, 0.15) is 0 Å². The predicted molar refractivity (Wildman–Crippen MR) is 61.5 cm³/mol. The fraction of sp³-hybridized carbons (Fsp3) is 0.583.